The lowest BCUT2D eigenvalue weighted by atomic mass is 10.0. The highest BCUT2D eigenvalue weighted by Crippen LogP contribution is 2.38. The Morgan fingerprint density at radius 2 is 1.84 bits per heavy atom. The Bertz CT molecular complexity index is 1470. The lowest BCUT2D eigenvalue weighted by Gasteiger charge is -2.19. The molecule has 0 amide bonds. The van der Waals surface area contributed by atoms with E-state index in [2.05, 4.69) is 80.2 Å². The maximum Gasteiger partial charge on any atom is 0.164 e. The Morgan fingerprint density at radius 3 is 2.74 bits per heavy atom. The predicted octanol–water partition coefficient (Wildman–Crippen LogP) is 6.08. The second-order valence-electron chi connectivity index (χ2n) is 7.60. The highest BCUT2D eigenvalue weighted by molar-refractivity contribution is 9.10. The summed E-state index contributed by atoms with van der Waals surface area (Å²) in [7, 11) is 0. The molecule has 0 fully saturated rings. The van der Waals surface area contributed by atoms with E-state index in [1.165, 1.54) is 0 Å². The molecule has 0 radical (unpaired) electrons. The lowest BCUT2D eigenvalue weighted by molar-refractivity contribution is 0.171. The van der Waals surface area contributed by atoms with E-state index >= 15 is 0 Å². The molecule has 3 aromatic heterocycles. The van der Waals surface area contributed by atoms with Crippen molar-refractivity contribution >= 4 is 37.7 Å². The Balaban J connectivity index is 1.55. The van der Waals surface area contributed by atoms with E-state index in [1.807, 2.05) is 19.2 Å². The van der Waals surface area contributed by atoms with E-state index in [9.17, 15) is 0 Å². The van der Waals surface area contributed by atoms with Gasteiger partial charge in [0.15, 0.2) is 17.3 Å². The molecule has 6 rings (SSSR count). The lowest BCUT2D eigenvalue weighted by Crippen LogP contribution is -2.15. The largest absolute Gasteiger partial charge is 0.486 e. The van der Waals surface area contributed by atoms with E-state index in [4.69, 9.17) is 14.5 Å². The smallest absolute Gasteiger partial charge is 0.164 e. The minimum atomic E-state index is 0.576. The number of ether oxygens (including phenoxy) is 2. The standard InChI is InChI=1S/C25H18BrN3O2/c1-15-11-17-12-18(26)14-27-24(17)25(28-15)29-8-7-20-19(3-2-4-21(20)29)16-5-6-22-23(13-16)31-10-9-30-22/h2-8,11-14H,9-10H2,1H3. The maximum absolute atomic E-state index is 5.79. The van der Waals surface area contributed by atoms with E-state index in [0.717, 1.165) is 60.4 Å². The van der Waals surface area contributed by atoms with E-state index in [0.29, 0.717) is 13.2 Å². The highest BCUT2D eigenvalue weighted by atomic mass is 79.9. The van der Waals surface area contributed by atoms with Crippen molar-refractivity contribution in [3.63, 3.8) is 0 Å². The summed E-state index contributed by atoms with van der Waals surface area (Å²) in [5, 5.41) is 2.20. The monoisotopic (exact) mass is 471 g/mol. The fourth-order valence-corrected chi connectivity index (χ4v) is 4.56. The minimum Gasteiger partial charge on any atom is -0.486 e. The molecule has 0 bridgehead atoms. The van der Waals surface area contributed by atoms with Crippen LogP contribution in [0.5, 0.6) is 11.5 Å². The fourth-order valence-electron chi connectivity index (χ4n) is 4.21. The first-order valence-electron chi connectivity index (χ1n) is 10.1. The molecule has 0 spiro atoms. The van der Waals surface area contributed by atoms with E-state index in [-0.39, 0.29) is 0 Å². The van der Waals surface area contributed by atoms with Crippen LogP contribution in [-0.2, 0) is 0 Å². The summed E-state index contributed by atoms with van der Waals surface area (Å²) < 4.78 is 14.5. The molecule has 0 saturated heterocycles. The number of fused-ring (bicyclic) bond motifs is 3. The molecule has 5 aromatic rings. The molecule has 1 aliphatic rings. The van der Waals surface area contributed by atoms with Crippen LogP contribution in [0.25, 0.3) is 38.8 Å². The van der Waals surface area contributed by atoms with Crippen molar-refractivity contribution in [3.05, 3.63) is 77.2 Å². The average Bonchev–Trinajstić information content (AvgIpc) is 3.22. The number of nitrogens with zero attached hydrogens (tertiary/aromatic N) is 3. The first-order chi connectivity index (χ1) is 15.2. The first kappa shape index (κ1) is 18.4. The third kappa shape index (κ3) is 3.06. The Kier molecular flexibility index (Phi) is 4.21. The molecule has 0 atom stereocenters. The number of benzene rings is 2. The third-order valence-corrected chi connectivity index (χ3v) is 5.99. The Morgan fingerprint density at radius 1 is 0.968 bits per heavy atom. The zero-order valence-electron chi connectivity index (χ0n) is 16.8. The van der Waals surface area contributed by atoms with Gasteiger partial charge >= 0.3 is 0 Å². The van der Waals surface area contributed by atoms with Crippen LogP contribution in [0, 0.1) is 6.92 Å². The van der Waals surface area contributed by atoms with Crippen LogP contribution >= 0.6 is 15.9 Å². The van der Waals surface area contributed by atoms with Crippen LogP contribution < -0.4 is 9.47 Å². The molecular formula is C25H18BrN3O2. The number of aryl methyl sites for hydroxylation is 1. The van der Waals surface area contributed by atoms with Crippen molar-refractivity contribution in [3.8, 4) is 28.4 Å². The SMILES string of the molecule is Cc1cc2cc(Br)cnc2c(-n2ccc3c(-c4ccc5c(c4)OCCO5)cccc32)n1. The molecule has 0 aliphatic carbocycles. The second-order valence-corrected chi connectivity index (χ2v) is 8.51. The van der Waals surface area contributed by atoms with Gasteiger partial charge in [0, 0.05) is 33.3 Å². The number of halogens is 1. The molecule has 1 aliphatic heterocycles. The van der Waals surface area contributed by atoms with Gasteiger partial charge in [-0.2, -0.15) is 0 Å². The summed E-state index contributed by atoms with van der Waals surface area (Å²) in [6.07, 6.45) is 3.88. The van der Waals surface area contributed by atoms with Crippen molar-refractivity contribution in [1.29, 1.82) is 0 Å². The van der Waals surface area contributed by atoms with Crippen LogP contribution in [-0.4, -0.2) is 27.7 Å². The summed E-state index contributed by atoms with van der Waals surface area (Å²) in [5.41, 5.74) is 5.14. The van der Waals surface area contributed by atoms with Crippen LogP contribution in [0.15, 0.2) is 71.5 Å². The minimum absolute atomic E-state index is 0.576. The van der Waals surface area contributed by atoms with Crippen LogP contribution in [0.3, 0.4) is 0 Å². The van der Waals surface area contributed by atoms with Gasteiger partial charge in [-0.3, -0.25) is 9.55 Å². The van der Waals surface area contributed by atoms with Crippen molar-refractivity contribution in [2.24, 2.45) is 0 Å². The van der Waals surface area contributed by atoms with Gasteiger partial charge in [0.1, 0.15) is 18.7 Å². The number of rotatable bonds is 2. The molecule has 2 aromatic carbocycles. The Labute approximate surface area is 187 Å². The van der Waals surface area contributed by atoms with Gasteiger partial charge in [-0.25, -0.2) is 4.98 Å². The predicted molar refractivity (Wildman–Crippen MR) is 125 cm³/mol. The average molecular weight is 472 g/mol. The van der Waals surface area contributed by atoms with Gasteiger partial charge in [0.25, 0.3) is 0 Å². The third-order valence-electron chi connectivity index (χ3n) is 5.56. The molecule has 0 unspecified atom stereocenters. The molecule has 4 heterocycles. The maximum atomic E-state index is 5.79. The van der Waals surface area contributed by atoms with Crippen LogP contribution in [0.2, 0.25) is 0 Å². The quantitative estimate of drug-likeness (QED) is 0.312. The fraction of sp³-hybridized carbons (Fsp3) is 0.120. The van der Waals surface area contributed by atoms with E-state index < -0.39 is 0 Å². The molecule has 152 valence electrons. The molecule has 0 saturated carbocycles. The van der Waals surface area contributed by atoms with Crippen molar-refractivity contribution in [1.82, 2.24) is 14.5 Å². The number of hydrogen-bond donors (Lipinski definition) is 0. The summed E-state index contributed by atoms with van der Waals surface area (Å²) in [4.78, 5) is 9.49. The van der Waals surface area contributed by atoms with Crippen molar-refractivity contribution in [2.75, 3.05) is 13.2 Å². The molecule has 6 heteroatoms. The van der Waals surface area contributed by atoms with Gasteiger partial charge in [-0.15, -0.1) is 0 Å². The van der Waals surface area contributed by atoms with Gasteiger partial charge < -0.3 is 9.47 Å². The van der Waals surface area contributed by atoms with Crippen LogP contribution in [0.4, 0.5) is 0 Å². The zero-order chi connectivity index (χ0) is 20.9. The van der Waals surface area contributed by atoms with Crippen molar-refractivity contribution in [2.45, 2.75) is 6.92 Å². The summed E-state index contributed by atoms with van der Waals surface area (Å²) in [6, 6.07) is 18.7. The molecular weight excluding hydrogens is 454 g/mol. The normalized spacial score (nSPS) is 13.1. The number of pyridine rings is 2. The summed E-state index contributed by atoms with van der Waals surface area (Å²) in [6.45, 7) is 3.18. The van der Waals surface area contributed by atoms with E-state index in [1.54, 1.807) is 0 Å². The zero-order valence-corrected chi connectivity index (χ0v) is 18.4. The first-order valence-corrected chi connectivity index (χ1v) is 10.9. The van der Waals surface area contributed by atoms with Crippen molar-refractivity contribution < 1.29 is 9.47 Å². The highest BCUT2D eigenvalue weighted by Gasteiger charge is 2.16. The number of aromatic nitrogens is 3. The number of hydrogen-bond acceptors (Lipinski definition) is 4. The molecule has 31 heavy (non-hydrogen) atoms. The van der Waals surface area contributed by atoms with Gasteiger partial charge in [-0.1, -0.05) is 18.2 Å². The van der Waals surface area contributed by atoms with Gasteiger partial charge in [0.2, 0.25) is 0 Å². The van der Waals surface area contributed by atoms with Crippen LogP contribution in [0.1, 0.15) is 5.69 Å². The molecule has 5 nitrogen and oxygen atoms in total. The topological polar surface area (TPSA) is 49.2 Å². The molecule has 0 N–H and O–H groups in total. The Hall–Kier alpha value is -3.38. The summed E-state index contributed by atoms with van der Waals surface area (Å²) >= 11 is 3.52. The van der Waals surface area contributed by atoms with Gasteiger partial charge in [-0.05, 0) is 70.4 Å². The second kappa shape index (κ2) is 7.10. The van der Waals surface area contributed by atoms with Gasteiger partial charge in [0.05, 0.1) is 5.52 Å². The summed E-state index contributed by atoms with van der Waals surface area (Å²) in [5.74, 6) is 2.42.